The lowest BCUT2D eigenvalue weighted by Crippen LogP contribution is -1.92. The summed E-state index contributed by atoms with van der Waals surface area (Å²) in [7, 11) is 0. The van der Waals surface area contributed by atoms with Crippen LogP contribution in [0.25, 0.3) is 22.8 Å². The highest BCUT2D eigenvalue weighted by atomic mass is 16.1. The first-order valence-electron chi connectivity index (χ1n) is 13.1. The van der Waals surface area contributed by atoms with E-state index in [0.717, 1.165) is 48.1 Å². The van der Waals surface area contributed by atoms with Crippen molar-refractivity contribution in [3.05, 3.63) is 127 Å². The molecule has 0 unspecified atom stereocenters. The Balaban J connectivity index is 0.000000188. The second-order valence-electron chi connectivity index (χ2n) is 8.83. The van der Waals surface area contributed by atoms with E-state index < -0.39 is 0 Å². The van der Waals surface area contributed by atoms with E-state index in [9.17, 15) is 4.79 Å². The predicted octanol–water partition coefficient (Wildman–Crippen LogP) is 5.56. The monoisotopic (exact) mass is 561 g/mol. The van der Waals surface area contributed by atoms with E-state index in [1.807, 2.05) is 60.7 Å². The lowest BCUT2D eigenvalue weighted by molar-refractivity contribution is -0.107. The van der Waals surface area contributed by atoms with Crippen molar-refractivity contribution < 1.29 is 4.79 Å². The minimum absolute atomic E-state index is 0. The van der Waals surface area contributed by atoms with Gasteiger partial charge in [0.2, 0.25) is 5.95 Å². The van der Waals surface area contributed by atoms with Crippen molar-refractivity contribution in [2.24, 2.45) is 0 Å². The molecule has 0 bridgehead atoms. The summed E-state index contributed by atoms with van der Waals surface area (Å²) in [5.41, 5.74) is 9.60. The van der Waals surface area contributed by atoms with Crippen LogP contribution < -0.4 is 5.73 Å². The summed E-state index contributed by atoms with van der Waals surface area (Å²) in [5.74, 6) is 2.53. The van der Waals surface area contributed by atoms with Gasteiger partial charge in [-0.05, 0) is 48.2 Å². The van der Waals surface area contributed by atoms with E-state index in [2.05, 4.69) is 64.6 Å². The number of hydrogen-bond acceptors (Lipinski definition) is 8. The Kier molecular flexibility index (Phi) is 12.7. The molecule has 4 N–H and O–H groups in total. The van der Waals surface area contributed by atoms with E-state index in [-0.39, 0.29) is 13.4 Å². The van der Waals surface area contributed by atoms with Crippen LogP contribution in [0, 0.1) is 0 Å². The van der Waals surface area contributed by atoms with Crippen LogP contribution in [-0.4, -0.2) is 46.6 Å². The van der Waals surface area contributed by atoms with Crippen LogP contribution in [0.2, 0.25) is 0 Å². The zero-order chi connectivity index (χ0) is 28.5. The first-order chi connectivity index (χ1) is 20.2. The molecule has 0 fully saturated rings. The molecule has 6 rings (SSSR count). The molecule has 0 amide bonds. The molecule has 214 valence electrons. The topological polar surface area (TPSA) is 152 Å². The third-order valence-electron chi connectivity index (χ3n) is 5.77. The maximum absolute atomic E-state index is 9.97. The van der Waals surface area contributed by atoms with Gasteiger partial charge in [-0.15, -0.1) is 5.10 Å². The van der Waals surface area contributed by atoms with Gasteiger partial charge in [0.1, 0.15) is 12.1 Å². The number of nitrogens with one attached hydrogen (secondary N) is 2. The van der Waals surface area contributed by atoms with Gasteiger partial charge < -0.3 is 10.5 Å². The molecule has 0 spiro atoms. The first-order valence-corrected chi connectivity index (χ1v) is 13.1. The highest BCUT2D eigenvalue weighted by Crippen LogP contribution is 2.14. The largest absolute Gasteiger partial charge is 0.366 e. The SMILES string of the molecule is C.Nc1n[nH]c(-c2cccnc2)n1.O=CCc1ccccc1.c1ccc(CCCc2nc(-c3cccnc3)n[nH]2)cc1. The maximum atomic E-state index is 9.97. The number of rotatable bonds is 8. The fraction of sp³-hybridized carbons (Fsp3) is 0.156. The molecule has 0 saturated carbocycles. The minimum atomic E-state index is 0. The van der Waals surface area contributed by atoms with Crippen LogP contribution in [0.1, 0.15) is 30.8 Å². The van der Waals surface area contributed by atoms with Crippen molar-refractivity contribution in [2.75, 3.05) is 5.73 Å². The molecule has 10 nitrogen and oxygen atoms in total. The highest BCUT2D eigenvalue weighted by molar-refractivity contribution is 5.55. The number of benzene rings is 2. The van der Waals surface area contributed by atoms with Gasteiger partial charge in [0, 0.05) is 48.8 Å². The van der Waals surface area contributed by atoms with E-state index in [1.54, 1.807) is 24.8 Å². The van der Waals surface area contributed by atoms with Crippen molar-refractivity contribution >= 4 is 12.2 Å². The van der Waals surface area contributed by atoms with E-state index in [0.29, 0.717) is 18.1 Å². The molecule has 4 heterocycles. The molecule has 0 aliphatic carbocycles. The van der Waals surface area contributed by atoms with Crippen molar-refractivity contribution in [1.82, 2.24) is 40.3 Å². The lowest BCUT2D eigenvalue weighted by Gasteiger charge is -1.98. The van der Waals surface area contributed by atoms with Gasteiger partial charge >= 0.3 is 0 Å². The predicted molar refractivity (Wildman–Crippen MR) is 165 cm³/mol. The van der Waals surface area contributed by atoms with Gasteiger partial charge in [0.25, 0.3) is 0 Å². The van der Waals surface area contributed by atoms with Crippen LogP contribution in [0.4, 0.5) is 5.95 Å². The van der Waals surface area contributed by atoms with Crippen molar-refractivity contribution in [2.45, 2.75) is 33.1 Å². The van der Waals surface area contributed by atoms with Crippen LogP contribution in [-0.2, 0) is 24.1 Å². The number of carbonyl (C=O) groups excluding carboxylic acids is 1. The molecule has 6 aromatic rings. The molecule has 0 saturated heterocycles. The van der Waals surface area contributed by atoms with E-state index in [1.165, 1.54) is 5.56 Å². The van der Waals surface area contributed by atoms with E-state index >= 15 is 0 Å². The smallest absolute Gasteiger partial charge is 0.239 e. The second kappa shape index (κ2) is 17.2. The Morgan fingerprint density at radius 1 is 0.690 bits per heavy atom. The number of carbonyl (C=O) groups is 1. The van der Waals surface area contributed by atoms with E-state index in [4.69, 9.17) is 5.73 Å². The molecule has 10 heteroatoms. The summed E-state index contributed by atoms with van der Waals surface area (Å²) in [6.07, 6.45) is 11.4. The van der Waals surface area contributed by atoms with Crippen LogP contribution in [0.5, 0.6) is 0 Å². The Morgan fingerprint density at radius 3 is 1.90 bits per heavy atom. The zero-order valence-corrected chi connectivity index (χ0v) is 22.5. The standard InChI is InChI=1S/C16H16N4.C8H8O.C7H7N5.CH4/c1-2-6-13(7-3-1)8-4-10-15-18-16(20-19-15)14-9-5-11-17-12-14;9-7-6-8-4-2-1-3-5-8;8-7-10-6(11-12-7)5-2-1-3-9-4-5;/h1-3,5-7,9,11-12H,4,8,10H2,(H,18,19,20);1-5,7H,6H2;1-4H,(H3,8,10,11,12);1H4. The number of nitrogens with zero attached hydrogens (tertiary/aromatic N) is 6. The van der Waals surface area contributed by atoms with Crippen LogP contribution in [0.3, 0.4) is 0 Å². The Bertz CT molecular complexity index is 1560. The molecule has 0 aliphatic heterocycles. The maximum Gasteiger partial charge on any atom is 0.239 e. The average molecular weight is 562 g/mol. The normalized spacial score (nSPS) is 9.81. The Morgan fingerprint density at radius 2 is 1.33 bits per heavy atom. The molecule has 42 heavy (non-hydrogen) atoms. The number of aromatic nitrogens is 8. The number of aromatic amines is 2. The van der Waals surface area contributed by atoms with Gasteiger partial charge in [-0.3, -0.25) is 20.2 Å². The summed E-state index contributed by atoms with van der Waals surface area (Å²) in [5, 5.41) is 13.6. The van der Waals surface area contributed by atoms with Crippen molar-refractivity contribution in [3.8, 4) is 22.8 Å². The van der Waals surface area contributed by atoms with Gasteiger partial charge in [-0.1, -0.05) is 68.1 Å². The van der Waals surface area contributed by atoms with Crippen LogP contribution >= 0.6 is 0 Å². The molecule has 2 aromatic carbocycles. The first kappa shape index (κ1) is 31.0. The fourth-order valence-electron chi connectivity index (χ4n) is 3.75. The summed E-state index contributed by atoms with van der Waals surface area (Å²) in [4.78, 5) is 26.5. The molecule has 0 atom stereocenters. The lowest BCUT2D eigenvalue weighted by atomic mass is 10.1. The van der Waals surface area contributed by atoms with Crippen molar-refractivity contribution in [1.29, 1.82) is 0 Å². The third-order valence-corrected chi connectivity index (χ3v) is 5.77. The van der Waals surface area contributed by atoms with Gasteiger partial charge in [0.05, 0.1) is 0 Å². The number of H-pyrrole nitrogens is 2. The highest BCUT2D eigenvalue weighted by Gasteiger charge is 2.05. The Hall–Kier alpha value is -5.51. The van der Waals surface area contributed by atoms with Gasteiger partial charge in [-0.25, -0.2) is 4.98 Å². The number of hydrogen-bond donors (Lipinski definition) is 3. The van der Waals surface area contributed by atoms with Gasteiger partial charge in [0.15, 0.2) is 11.6 Å². The number of pyridine rings is 2. The number of aldehydes is 1. The second-order valence-corrected chi connectivity index (χ2v) is 8.83. The third kappa shape index (κ3) is 10.2. The number of nitrogens with two attached hydrogens (primary N) is 1. The molecule has 4 aromatic heterocycles. The average Bonchev–Trinajstić information content (AvgIpc) is 3.69. The number of nitrogen functional groups attached to an aromatic ring is 1. The zero-order valence-electron chi connectivity index (χ0n) is 22.5. The van der Waals surface area contributed by atoms with Crippen molar-refractivity contribution in [3.63, 3.8) is 0 Å². The summed E-state index contributed by atoms with van der Waals surface area (Å²) >= 11 is 0. The fourth-order valence-corrected chi connectivity index (χ4v) is 3.75. The van der Waals surface area contributed by atoms with Gasteiger partial charge in [-0.2, -0.15) is 10.1 Å². The van der Waals surface area contributed by atoms with Crippen LogP contribution in [0.15, 0.2) is 110 Å². The molecule has 0 aliphatic rings. The minimum Gasteiger partial charge on any atom is -0.366 e. The number of anilines is 1. The Labute approximate surface area is 245 Å². The summed E-state index contributed by atoms with van der Waals surface area (Å²) in [6, 6.07) is 27.7. The summed E-state index contributed by atoms with van der Waals surface area (Å²) in [6.45, 7) is 0. The summed E-state index contributed by atoms with van der Waals surface area (Å²) < 4.78 is 0. The quantitative estimate of drug-likeness (QED) is 0.204. The molecule has 0 radical (unpaired) electrons. The molecular formula is C32H35N9O. The number of aryl methyl sites for hydroxylation is 2. The molecular weight excluding hydrogens is 526 g/mol.